The van der Waals surface area contributed by atoms with Crippen LogP contribution < -0.4 is 4.90 Å². The molecule has 63 heavy (non-hydrogen) atoms. The number of aromatic nitrogens is 1. The summed E-state index contributed by atoms with van der Waals surface area (Å²) in [6.45, 7) is 0. The van der Waals surface area contributed by atoms with Gasteiger partial charge in [-0.25, -0.2) is 0 Å². The van der Waals surface area contributed by atoms with Crippen LogP contribution in [0.4, 0.5) is 17.1 Å². The molecule has 0 aliphatic carbocycles. The maximum absolute atomic E-state index is 6.73. The predicted molar refractivity (Wildman–Crippen MR) is 264 cm³/mol. The maximum atomic E-state index is 6.73. The van der Waals surface area contributed by atoms with Crippen molar-refractivity contribution in [2.24, 2.45) is 0 Å². The van der Waals surface area contributed by atoms with Crippen LogP contribution in [0, 0.1) is 0 Å². The van der Waals surface area contributed by atoms with Crippen molar-refractivity contribution in [3.63, 3.8) is 0 Å². The van der Waals surface area contributed by atoms with Crippen LogP contribution in [0.1, 0.15) is 0 Å². The molecule has 0 spiro atoms. The zero-order valence-electron chi connectivity index (χ0n) is 34.4. The van der Waals surface area contributed by atoms with E-state index in [0.717, 1.165) is 61.3 Å². The standard InChI is InChI=1S/C60H40N2O/c1-5-15-41(16-6-1)44-25-31-48(32-26-44)61(49-33-27-45(28-34-49)42-17-7-2-8-18-42)51-37-38-52-54(39-51)62(50-35-29-46(30-36-50)43-19-9-3-10-20-43)55-40-57-60(53-23-13-14-24-56(53)63-57)58(59(52)55)47-21-11-4-12-22-47/h1-40H. The van der Waals surface area contributed by atoms with E-state index in [0.29, 0.717) is 0 Å². The van der Waals surface area contributed by atoms with Crippen LogP contribution in [0.2, 0.25) is 0 Å². The summed E-state index contributed by atoms with van der Waals surface area (Å²) in [5, 5.41) is 4.61. The summed E-state index contributed by atoms with van der Waals surface area (Å²) in [4.78, 5) is 2.38. The molecule has 296 valence electrons. The molecule has 2 aromatic heterocycles. The van der Waals surface area contributed by atoms with Gasteiger partial charge < -0.3 is 13.9 Å². The van der Waals surface area contributed by atoms with Crippen LogP contribution >= 0.6 is 0 Å². The lowest BCUT2D eigenvalue weighted by molar-refractivity contribution is 0.669. The number of fused-ring (bicyclic) bond motifs is 6. The molecule has 0 radical (unpaired) electrons. The quantitative estimate of drug-likeness (QED) is 0.153. The molecular weight excluding hydrogens is 765 g/mol. The van der Waals surface area contributed by atoms with Crippen LogP contribution in [-0.4, -0.2) is 4.57 Å². The smallest absolute Gasteiger partial charge is 0.138 e. The molecule has 3 heteroatoms. The van der Waals surface area contributed by atoms with Crippen molar-refractivity contribution >= 4 is 60.8 Å². The van der Waals surface area contributed by atoms with Crippen LogP contribution in [0.5, 0.6) is 0 Å². The molecule has 0 amide bonds. The Morgan fingerprint density at radius 2 is 0.746 bits per heavy atom. The molecule has 0 saturated heterocycles. The zero-order chi connectivity index (χ0) is 41.7. The van der Waals surface area contributed by atoms with E-state index in [1.807, 2.05) is 6.07 Å². The molecule has 12 rings (SSSR count). The molecule has 12 aromatic rings. The van der Waals surface area contributed by atoms with Gasteiger partial charge >= 0.3 is 0 Å². The largest absolute Gasteiger partial charge is 0.456 e. The van der Waals surface area contributed by atoms with E-state index in [1.165, 1.54) is 49.7 Å². The number of hydrogen-bond donors (Lipinski definition) is 0. The molecule has 0 atom stereocenters. The van der Waals surface area contributed by atoms with Gasteiger partial charge in [0.1, 0.15) is 11.2 Å². The Kier molecular flexibility index (Phi) is 8.83. The van der Waals surface area contributed by atoms with Gasteiger partial charge in [-0.1, -0.05) is 182 Å². The molecule has 0 N–H and O–H groups in total. The number of benzene rings is 10. The van der Waals surface area contributed by atoms with Crippen molar-refractivity contribution in [1.29, 1.82) is 0 Å². The summed E-state index contributed by atoms with van der Waals surface area (Å²) in [6, 6.07) is 87.0. The minimum atomic E-state index is 0.867. The Morgan fingerprint density at radius 1 is 0.302 bits per heavy atom. The molecule has 3 nitrogen and oxygen atoms in total. The highest BCUT2D eigenvalue weighted by atomic mass is 16.3. The van der Waals surface area contributed by atoms with Crippen LogP contribution in [-0.2, 0) is 0 Å². The molecule has 0 bridgehead atoms. The van der Waals surface area contributed by atoms with E-state index in [1.54, 1.807) is 0 Å². The number of furan rings is 1. The monoisotopic (exact) mass is 804 g/mol. The lowest BCUT2D eigenvalue weighted by Gasteiger charge is -2.26. The highest BCUT2D eigenvalue weighted by Crippen LogP contribution is 2.48. The average molecular weight is 805 g/mol. The molecule has 10 aromatic carbocycles. The van der Waals surface area contributed by atoms with Gasteiger partial charge in [0.25, 0.3) is 0 Å². The minimum Gasteiger partial charge on any atom is -0.456 e. The van der Waals surface area contributed by atoms with Gasteiger partial charge in [-0.3, -0.25) is 0 Å². The Bertz CT molecular complexity index is 3470. The van der Waals surface area contributed by atoms with Gasteiger partial charge in [0, 0.05) is 55.9 Å². The average Bonchev–Trinajstić information content (AvgIpc) is 3.90. The molecule has 2 heterocycles. The predicted octanol–water partition coefficient (Wildman–Crippen LogP) is 16.8. The fourth-order valence-electron chi connectivity index (χ4n) is 9.43. The van der Waals surface area contributed by atoms with E-state index in [-0.39, 0.29) is 0 Å². The normalized spacial score (nSPS) is 11.5. The Hall–Kier alpha value is -8.40. The number of para-hydroxylation sites is 1. The lowest BCUT2D eigenvalue weighted by atomic mass is 9.94. The van der Waals surface area contributed by atoms with Crippen LogP contribution in [0.25, 0.3) is 93.9 Å². The van der Waals surface area contributed by atoms with Crippen LogP contribution in [0.3, 0.4) is 0 Å². The fourth-order valence-corrected chi connectivity index (χ4v) is 9.43. The van der Waals surface area contributed by atoms with Crippen molar-refractivity contribution in [3.8, 4) is 50.2 Å². The first kappa shape index (κ1) is 36.5. The SMILES string of the molecule is c1ccc(-c2ccc(N(c3ccc(-c4ccccc4)cc3)c3ccc4c5c(-c6ccccc6)c6c(cc5n(-c5ccc(-c7ccccc7)cc5)c4c3)oc3ccccc36)cc2)cc1. The Balaban J connectivity index is 1.12. The summed E-state index contributed by atoms with van der Waals surface area (Å²) in [5.74, 6) is 0. The minimum absolute atomic E-state index is 0.867. The van der Waals surface area contributed by atoms with E-state index in [9.17, 15) is 0 Å². The van der Waals surface area contributed by atoms with Crippen molar-refractivity contribution in [1.82, 2.24) is 4.57 Å². The number of anilines is 3. The first-order chi connectivity index (χ1) is 31.2. The number of nitrogens with zero attached hydrogens (tertiary/aromatic N) is 2. The van der Waals surface area contributed by atoms with E-state index >= 15 is 0 Å². The second kappa shape index (κ2) is 15.3. The highest BCUT2D eigenvalue weighted by molar-refractivity contribution is 6.27. The van der Waals surface area contributed by atoms with Crippen molar-refractivity contribution in [2.75, 3.05) is 4.90 Å². The second-order valence-corrected chi connectivity index (χ2v) is 16.1. The highest BCUT2D eigenvalue weighted by Gasteiger charge is 2.24. The Morgan fingerprint density at radius 3 is 1.29 bits per heavy atom. The van der Waals surface area contributed by atoms with Gasteiger partial charge in [-0.2, -0.15) is 0 Å². The van der Waals surface area contributed by atoms with Gasteiger partial charge in [0.05, 0.1) is 11.0 Å². The molecule has 0 aliphatic rings. The van der Waals surface area contributed by atoms with Crippen molar-refractivity contribution in [3.05, 3.63) is 243 Å². The molecule has 0 unspecified atom stereocenters. The summed E-state index contributed by atoms with van der Waals surface area (Å²) in [7, 11) is 0. The molecule has 0 saturated carbocycles. The van der Waals surface area contributed by atoms with Gasteiger partial charge in [-0.15, -0.1) is 0 Å². The Labute approximate surface area is 366 Å². The van der Waals surface area contributed by atoms with Gasteiger partial charge in [0.15, 0.2) is 0 Å². The van der Waals surface area contributed by atoms with Crippen molar-refractivity contribution in [2.45, 2.75) is 0 Å². The van der Waals surface area contributed by atoms with E-state index < -0.39 is 0 Å². The first-order valence-corrected chi connectivity index (χ1v) is 21.5. The van der Waals surface area contributed by atoms with Gasteiger partial charge in [-0.05, 0) is 93.5 Å². The lowest BCUT2D eigenvalue weighted by Crippen LogP contribution is -2.10. The maximum Gasteiger partial charge on any atom is 0.138 e. The van der Waals surface area contributed by atoms with E-state index in [4.69, 9.17) is 4.42 Å². The summed E-state index contributed by atoms with van der Waals surface area (Å²) in [6.07, 6.45) is 0. The third-order valence-electron chi connectivity index (χ3n) is 12.4. The third kappa shape index (κ3) is 6.38. The second-order valence-electron chi connectivity index (χ2n) is 16.1. The molecular formula is C60H40N2O. The summed E-state index contributed by atoms with van der Waals surface area (Å²) < 4.78 is 9.15. The fraction of sp³-hybridized carbons (Fsp3) is 0. The van der Waals surface area contributed by atoms with Crippen LogP contribution in [0.15, 0.2) is 247 Å². The van der Waals surface area contributed by atoms with E-state index in [2.05, 4.69) is 246 Å². The summed E-state index contributed by atoms with van der Waals surface area (Å²) >= 11 is 0. The molecule has 0 fully saturated rings. The summed E-state index contributed by atoms with van der Waals surface area (Å²) in [5.41, 5.74) is 17.7. The number of hydrogen-bond acceptors (Lipinski definition) is 2. The molecule has 0 aliphatic heterocycles. The van der Waals surface area contributed by atoms with Crippen molar-refractivity contribution < 1.29 is 4.42 Å². The number of rotatable bonds is 8. The zero-order valence-corrected chi connectivity index (χ0v) is 34.4. The third-order valence-corrected chi connectivity index (χ3v) is 12.4. The topological polar surface area (TPSA) is 21.3 Å². The first-order valence-electron chi connectivity index (χ1n) is 21.5. The van der Waals surface area contributed by atoms with Gasteiger partial charge in [0.2, 0.25) is 0 Å².